The lowest BCUT2D eigenvalue weighted by atomic mass is 10.2. The van der Waals surface area contributed by atoms with Crippen LogP contribution in [0.4, 0.5) is 0 Å². The van der Waals surface area contributed by atoms with Crippen LogP contribution in [0.25, 0.3) is 0 Å². The molecule has 86 valence electrons. The molecule has 0 aliphatic heterocycles. The van der Waals surface area contributed by atoms with E-state index in [1.165, 1.54) is 0 Å². The first-order valence-electron chi connectivity index (χ1n) is 5.22. The highest BCUT2D eigenvalue weighted by atomic mass is 16.5. The van der Waals surface area contributed by atoms with Crippen molar-refractivity contribution >= 4 is 0 Å². The van der Waals surface area contributed by atoms with Gasteiger partial charge in [-0.3, -0.25) is 0 Å². The van der Waals surface area contributed by atoms with E-state index < -0.39 is 0 Å². The van der Waals surface area contributed by atoms with Gasteiger partial charge >= 0.3 is 0 Å². The van der Waals surface area contributed by atoms with Crippen LogP contribution >= 0.6 is 0 Å². The van der Waals surface area contributed by atoms with Crippen molar-refractivity contribution in [3.8, 4) is 0 Å². The summed E-state index contributed by atoms with van der Waals surface area (Å²) >= 11 is 0. The van der Waals surface area contributed by atoms with E-state index in [-0.39, 0.29) is 12.0 Å². The molecule has 2 atom stereocenters. The SMILES string of the molecule is COC(C)CCc1nc(C(C)CN)no1. The van der Waals surface area contributed by atoms with Crippen LogP contribution in [0.1, 0.15) is 37.9 Å². The average Bonchev–Trinajstić information content (AvgIpc) is 2.73. The number of methoxy groups -OCH3 is 1. The van der Waals surface area contributed by atoms with Gasteiger partial charge in [-0.05, 0) is 13.3 Å². The quantitative estimate of drug-likeness (QED) is 0.766. The second-order valence-electron chi connectivity index (χ2n) is 3.77. The van der Waals surface area contributed by atoms with E-state index in [4.69, 9.17) is 15.0 Å². The average molecular weight is 213 g/mol. The molecule has 2 unspecified atom stereocenters. The number of aryl methyl sites for hydroxylation is 1. The van der Waals surface area contributed by atoms with Crippen LogP contribution in [-0.2, 0) is 11.2 Å². The zero-order chi connectivity index (χ0) is 11.3. The van der Waals surface area contributed by atoms with Gasteiger partial charge in [0.25, 0.3) is 0 Å². The summed E-state index contributed by atoms with van der Waals surface area (Å²) in [5.41, 5.74) is 5.52. The van der Waals surface area contributed by atoms with Crippen LogP contribution in [0.15, 0.2) is 4.52 Å². The van der Waals surface area contributed by atoms with E-state index in [2.05, 4.69) is 10.1 Å². The molecule has 0 aliphatic carbocycles. The van der Waals surface area contributed by atoms with Gasteiger partial charge in [0.05, 0.1) is 6.10 Å². The maximum atomic E-state index is 5.52. The lowest BCUT2D eigenvalue weighted by Crippen LogP contribution is -2.10. The molecule has 15 heavy (non-hydrogen) atoms. The number of hydrogen-bond acceptors (Lipinski definition) is 5. The van der Waals surface area contributed by atoms with Gasteiger partial charge in [0.2, 0.25) is 5.89 Å². The largest absolute Gasteiger partial charge is 0.382 e. The Balaban J connectivity index is 2.46. The molecule has 1 aromatic rings. The summed E-state index contributed by atoms with van der Waals surface area (Å²) in [6, 6.07) is 0. The molecular weight excluding hydrogens is 194 g/mol. The highest BCUT2D eigenvalue weighted by Gasteiger charge is 2.12. The molecule has 1 aromatic heterocycles. The zero-order valence-corrected chi connectivity index (χ0v) is 9.56. The minimum absolute atomic E-state index is 0.155. The maximum Gasteiger partial charge on any atom is 0.226 e. The Morgan fingerprint density at radius 3 is 2.80 bits per heavy atom. The fraction of sp³-hybridized carbons (Fsp3) is 0.800. The van der Waals surface area contributed by atoms with E-state index in [0.29, 0.717) is 18.3 Å². The van der Waals surface area contributed by atoms with Gasteiger partial charge in [-0.25, -0.2) is 0 Å². The summed E-state index contributed by atoms with van der Waals surface area (Å²) in [4.78, 5) is 4.27. The molecule has 1 heterocycles. The highest BCUT2D eigenvalue weighted by Crippen LogP contribution is 2.11. The first-order chi connectivity index (χ1) is 7.17. The second-order valence-corrected chi connectivity index (χ2v) is 3.77. The van der Waals surface area contributed by atoms with E-state index >= 15 is 0 Å². The van der Waals surface area contributed by atoms with Crippen molar-refractivity contribution in [3.05, 3.63) is 11.7 Å². The van der Waals surface area contributed by atoms with E-state index in [1.807, 2.05) is 13.8 Å². The molecular formula is C10H19N3O2. The summed E-state index contributed by atoms with van der Waals surface area (Å²) < 4.78 is 10.2. The summed E-state index contributed by atoms with van der Waals surface area (Å²) in [6.07, 6.45) is 1.85. The molecule has 0 aliphatic rings. The van der Waals surface area contributed by atoms with E-state index in [0.717, 1.165) is 12.8 Å². The molecule has 0 bridgehead atoms. The third-order valence-electron chi connectivity index (χ3n) is 2.45. The first kappa shape index (κ1) is 12.1. The van der Waals surface area contributed by atoms with Crippen LogP contribution < -0.4 is 5.73 Å². The number of rotatable bonds is 6. The predicted octanol–water partition coefficient (Wildman–Crippen LogP) is 1.10. The third-order valence-corrected chi connectivity index (χ3v) is 2.45. The number of aromatic nitrogens is 2. The molecule has 5 heteroatoms. The minimum atomic E-state index is 0.155. The van der Waals surface area contributed by atoms with Crippen molar-refractivity contribution in [2.75, 3.05) is 13.7 Å². The topological polar surface area (TPSA) is 74.2 Å². The monoisotopic (exact) mass is 213 g/mol. The summed E-state index contributed by atoms with van der Waals surface area (Å²) in [6.45, 7) is 4.53. The van der Waals surface area contributed by atoms with E-state index in [1.54, 1.807) is 7.11 Å². The smallest absolute Gasteiger partial charge is 0.226 e. The van der Waals surface area contributed by atoms with Gasteiger partial charge in [-0.15, -0.1) is 0 Å². The second kappa shape index (κ2) is 5.82. The first-order valence-corrected chi connectivity index (χ1v) is 5.22. The minimum Gasteiger partial charge on any atom is -0.382 e. The molecule has 5 nitrogen and oxygen atoms in total. The van der Waals surface area contributed by atoms with Crippen LogP contribution in [0.5, 0.6) is 0 Å². The fourth-order valence-corrected chi connectivity index (χ4v) is 1.12. The van der Waals surface area contributed by atoms with Gasteiger partial charge in [-0.1, -0.05) is 12.1 Å². The molecule has 0 fully saturated rings. The molecule has 0 radical (unpaired) electrons. The Labute approximate surface area is 90.0 Å². The normalized spacial score (nSPS) is 15.2. The summed E-state index contributed by atoms with van der Waals surface area (Å²) in [5.74, 6) is 1.51. The summed E-state index contributed by atoms with van der Waals surface area (Å²) in [7, 11) is 1.69. The lowest BCUT2D eigenvalue weighted by molar-refractivity contribution is 0.109. The van der Waals surface area contributed by atoms with Crippen molar-refractivity contribution < 1.29 is 9.26 Å². The molecule has 0 spiro atoms. The molecule has 0 aromatic carbocycles. The zero-order valence-electron chi connectivity index (χ0n) is 9.56. The van der Waals surface area contributed by atoms with Crippen molar-refractivity contribution in [2.24, 2.45) is 5.73 Å². The number of ether oxygens (including phenoxy) is 1. The van der Waals surface area contributed by atoms with Gasteiger partial charge in [0.1, 0.15) is 0 Å². The Morgan fingerprint density at radius 1 is 1.47 bits per heavy atom. The number of nitrogens with two attached hydrogens (primary N) is 1. The van der Waals surface area contributed by atoms with Crippen LogP contribution in [0.2, 0.25) is 0 Å². The van der Waals surface area contributed by atoms with Crippen molar-refractivity contribution in [1.82, 2.24) is 10.1 Å². The predicted molar refractivity (Wildman–Crippen MR) is 56.6 cm³/mol. The van der Waals surface area contributed by atoms with Crippen molar-refractivity contribution in [3.63, 3.8) is 0 Å². The lowest BCUT2D eigenvalue weighted by Gasteiger charge is -2.05. The number of nitrogens with zero attached hydrogens (tertiary/aromatic N) is 2. The third kappa shape index (κ3) is 3.60. The molecule has 1 rings (SSSR count). The summed E-state index contributed by atoms with van der Waals surface area (Å²) in [5, 5.41) is 3.88. The number of hydrogen-bond donors (Lipinski definition) is 1. The standard InChI is InChI=1S/C10H19N3O2/c1-7(6-11)10-12-9(15-13-10)5-4-8(2)14-3/h7-8H,4-6,11H2,1-3H3. The molecule has 0 saturated carbocycles. The molecule has 0 saturated heterocycles. The van der Waals surface area contributed by atoms with Gasteiger partial charge in [0.15, 0.2) is 5.82 Å². The Bertz CT molecular complexity index is 288. The Morgan fingerprint density at radius 2 is 2.20 bits per heavy atom. The maximum absolute atomic E-state index is 5.52. The van der Waals surface area contributed by atoms with E-state index in [9.17, 15) is 0 Å². The Kier molecular flexibility index (Phi) is 4.71. The van der Waals surface area contributed by atoms with Crippen molar-refractivity contribution in [2.45, 2.75) is 38.7 Å². The van der Waals surface area contributed by atoms with Crippen LogP contribution in [0, 0.1) is 0 Å². The molecule has 2 N–H and O–H groups in total. The van der Waals surface area contributed by atoms with Crippen LogP contribution in [0.3, 0.4) is 0 Å². The van der Waals surface area contributed by atoms with Gasteiger partial charge < -0.3 is 15.0 Å². The van der Waals surface area contributed by atoms with Crippen LogP contribution in [-0.4, -0.2) is 29.9 Å². The fourth-order valence-electron chi connectivity index (χ4n) is 1.12. The van der Waals surface area contributed by atoms with Crippen molar-refractivity contribution in [1.29, 1.82) is 0 Å². The molecule has 0 amide bonds. The van der Waals surface area contributed by atoms with Gasteiger partial charge in [0, 0.05) is 26.0 Å². The Hall–Kier alpha value is -0.940. The highest BCUT2D eigenvalue weighted by molar-refractivity contribution is 4.94. The van der Waals surface area contributed by atoms with Gasteiger partial charge in [-0.2, -0.15) is 4.98 Å².